The first-order valence-electron chi connectivity index (χ1n) is 14.2. The van der Waals surface area contributed by atoms with Gasteiger partial charge in [-0.15, -0.1) is 6.58 Å². The average Bonchev–Trinajstić information content (AvgIpc) is 3.41. The number of hydrogen-bond acceptors (Lipinski definition) is 8. The Kier molecular flexibility index (Phi) is 9.17. The van der Waals surface area contributed by atoms with Gasteiger partial charge in [-0.05, 0) is 45.4 Å². The molecule has 10 nitrogen and oxygen atoms in total. The lowest BCUT2D eigenvalue weighted by Crippen LogP contribution is -2.57. The summed E-state index contributed by atoms with van der Waals surface area (Å²) in [4.78, 5) is 47.4. The lowest BCUT2D eigenvalue weighted by Gasteiger charge is -2.38. The predicted octanol–water partition coefficient (Wildman–Crippen LogP) is 1.07. The minimum atomic E-state index is -1.07. The van der Waals surface area contributed by atoms with Crippen LogP contribution in [0.4, 0.5) is 0 Å². The van der Waals surface area contributed by atoms with Crippen LogP contribution in [0.1, 0.15) is 46.5 Å². The molecule has 38 heavy (non-hydrogen) atoms. The Bertz CT molecular complexity index is 894. The maximum Gasteiger partial charge on any atom is 0.312 e. The first kappa shape index (κ1) is 29.0. The minimum Gasteiger partial charge on any atom is -0.466 e. The van der Waals surface area contributed by atoms with E-state index in [1.165, 1.54) is 0 Å². The van der Waals surface area contributed by atoms with Gasteiger partial charge in [0.2, 0.25) is 11.8 Å². The molecule has 4 heterocycles. The van der Waals surface area contributed by atoms with Crippen molar-refractivity contribution in [1.29, 1.82) is 0 Å². The van der Waals surface area contributed by atoms with Gasteiger partial charge < -0.3 is 29.1 Å². The van der Waals surface area contributed by atoms with E-state index in [-0.39, 0.29) is 30.9 Å². The van der Waals surface area contributed by atoms with Gasteiger partial charge in [-0.2, -0.15) is 0 Å². The highest BCUT2D eigenvalue weighted by Gasteiger charge is 2.80. The summed E-state index contributed by atoms with van der Waals surface area (Å²) in [5, 5.41) is 9.23. The van der Waals surface area contributed by atoms with Crippen molar-refractivity contribution in [2.24, 2.45) is 17.8 Å². The highest BCUT2D eigenvalue weighted by atomic mass is 16.6. The third kappa shape index (κ3) is 5.00. The van der Waals surface area contributed by atoms with E-state index in [9.17, 15) is 19.5 Å². The summed E-state index contributed by atoms with van der Waals surface area (Å²) in [6, 6.07) is -0.817. The van der Waals surface area contributed by atoms with E-state index in [0.717, 1.165) is 19.5 Å². The Morgan fingerprint density at radius 2 is 1.97 bits per heavy atom. The second-order valence-corrected chi connectivity index (χ2v) is 11.3. The van der Waals surface area contributed by atoms with Crippen LogP contribution in [0.25, 0.3) is 0 Å². The van der Waals surface area contributed by atoms with Crippen LogP contribution < -0.4 is 0 Å². The standard InChI is InChI=1S/C28H45N3O7/c1-5-10-30(13-12-29-14-17-36-18-15-29)25(34)23-28-19-20(3)27(4,38-28)22(26(35)37-6-2)21(28)24(33)31(23)11-8-7-9-16-32/h5,20-23,32H,1,6-19H2,2-4H3/t20?,21-,22+,23?,27-,28?/m0/s1. The number of morpholine rings is 1. The van der Waals surface area contributed by atoms with E-state index in [4.69, 9.17) is 14.2 Å². The highest BCUT2D eigenvalue weighted by molar-refractivity contribution is 5.98. The molecular weight excluding hydrogens is 490 g/mol. The fraction of sp³-hybridized carbons (Fsp3) is 0.821. The molecule has 0 aromatic rings. The number of ether oxygens (including phenoxy) is 3. The van der Waals surface area contributed by atoms with Crippen molar-refractivity contribution >= 4 is 17.8 Å². The van der Waals surface area contributed by atoms with Crippen molar-refractivity contribution < 1.29 is 33.7 Å². The molecule has 4 fully saturated rings. The van der Waals surface area contributed by atoms with Gasteiger partial charge in [-0.3, -0.25) is 19.3 Å². The van der Waals surface area contributed by atoms with Gasteiger partial charge in [-0.25, -0.2) is 0 Å². The highest BCUT2D eigenvalue weighted by Crippen LogP contribution is 2.65. The van der Waals surface area contributed by atoms with E-state index in [0.29, 0.717) is 58.7 Å². The Labute approximate surface area is 226 Å². The summed E-state index contributed by atoms with van der Waals surface area (Å²) < 4.78 is 17.6. The van der Waals surface area contributed by atoms with E-state index in [1.807, 2.05) is 13.8 Å². The Morgan fingerprint density at radius 1 is 1.24 bits per heavy atom. The zero-order valence-electron chi connectivity index (χ0n) is 23.2. The fourth-order valence-corrected chi connectivity index (χ4v) is 7.13. The van der Waals surface area contributed by atoms with E-state index in [2.05, 4.69) is 11.5 Å². The number of carbonyl (C=O) groups is 3. The van der Waals surface area contributed by atoms with Crippen molar-refractivity contribution in [2.75, 3.05) is 65.7 Å². The molecule has 4 aliphatic heterocycles. The van der Waals surface area contributed by atoms with E-state index >= 15 is 0 Å². The molecule has 10 heteroatoms. The first-order valence-corrected chi connectivity index (χ1v) is 14.2. The summed E-state index contributed by atoms with van der Waals surface area (Å²) in [5.41, 5.74) is -1.94. The fourth-order valence-electron chi connectivity index (χ4n) is 7.13. The topological polar surface area (TPSA) is 109 Å². The lowest BCUT2D eigenvalue weighted by atomic mass is 9.62. The molecule has 214 valence electrons. The van der Waals surface area contributed by atoms with Crippen LogP contribution >= 0.6 is 0 Å². The molecule has 2 amide bonds. The Balaban J connectivity index is 1.66. The molecule has 0 aromatic carbocycles. The molecule has 4 saturated heterocycles. The van der Waals surface area contributed by atoms with Crippen molar-refractivity contribution in [3.63, 3.8) is 0 Å². The van der Waals surface area contributed by atoms with E-state index in [1.54, 1.807) is 22.8 Å². The van der Waals surface area contributed by atoms with Gasteiger partial charge in [0.15, 0.2) is 0 Å². The molecular formula is C28H45N3O7. The molecule has 0 aromatic heterocycles. The quantitative estimate of drug-likeness (QED) is 0.212. The zero-order chi connectivity index (χ0) is 27.5. The minimum absolute atomic E-state index is 0.0215. The number of nitrogens with zero attached hydrogens (tertiary/aromatic N) is 3. The Hall–Kier alpha value is -2.01. The number of hydrogen-bond donors (Lipinski definition) is 1. The zero-order valence-corrected chi connectivity index (χ0v) is 23.2. The number of aliphatic hydroxyl groups is 1. The van der Waals surface area contributed by atoms with E-state index < -0.39 is 35.0 Å². The third-order valence-corrected chi connectivity index (χ3v) is 9.10. The Morgan fingerprint density at radius 3 is 2.63 bits per heavy atom. The molecule has 6 atom stereocenters. The number of amides is 2. The summed E-state index contributed by atoms with van der Waals surface area (Å²) in [5.74, 6) is -2.31. The van der Waals surface area contributed by atoms with Crippen LogP contribution in [0.2, 0.25) is 0 Å². The van der Waals surface area contributed by atoms with Gasteiger partial charge in [-0.1, -0.05) is 13.0 Å². The second kappa shape index (κ2) is 12.0. The third-order valence-electron chi connectivity index (χ3n) is 9.10. The largest absolute Gasteiger partial charge is 0.466 e. The van der Waals surface area contributed by atoms with Crippen LogP contribution in [0, 0.1) is 17.8 Å². The molecule has 4 rings (SSSR count). The summed E-state index contributed by atoms with van der Waals surface area (Å²) in [6.07, 6.45) is 4.28. The molecule has 0 saturated carbocycles. The van der Waals surface area contributed by atoms with Crippen molar-refractivity contribution in [3.05, 3.63) is 12.7 Å². The van der Waals surface area contributed by atoms with Gasteiger partial charge in [0.05, 0.1) is 31.3 Å². The first-order chi connectivity index (χ1) is 18.2. The number of likely N-dealkylation sites (tertiary alicyclic amines) is 1. The lowest BCUT2D eigenvalue weighted by molar-refractivity contribution is -0.162. The smallest absolute Gasteiger partial charge is 0.312 e. The van der Waals surface area contributed by atoms with Gasteiger partial charge >= 0.3 is 5.97 Å². The molecule has 4 aliphatic rings. The number of aliphatic hydroxyl groups excluding tert-OH is 1. The molecule has 1 N–H and O–H groups in total. The van der Waals surface area contributed by atoms with Crippen LogP contribution in [0.3, 0.4) is 0 Å². The summed E-state index contributed by atoms with van der Waals surface area (Å²) >= 11 is 0. The molecule has 0 aliphatic carbocycles. The van der Waals surface area contributed by atoms with Crippen LogP contribution in [-0.2, 0) is 28.6 Å². The second-order valence-electron chi connectivity index (χ2n) is 11.3. The molecule has 1 spiro atoms. The van der Waals surface area contributed by atoms with Crippen LogP contribution in [0.15, 0.2) is 12.7 Å². The normalized spacial score (nSPS) is 34.4. The molecule has 3 unspecified atom stereocenters. The number of carbonyl (C=O) groups excluding carboxylic acids is 3. The number of unbranched alkanes of at least 4 members (excludes halogenated alkanes) is 2. The van der Waals surface area contributed by atoms with Gasteiger partial charge in [0.25, 0.3) is 0 Å². The maximum absolute atomic E-state index is 14.4. The maximum atomic E-state index is 14.4. The van der Waals surface area contributed by atoms with Gasteiger partial charge in [0, 0.05) is 45.9 Å². The monoisotopic (exact) mass is 535 g/mol. The molecule has 2 bridgehead atoms. The molecule has 0 radical (unpaired) electrons. The van der Waals surface area contributed by atoms with Crippen molar-refractivity contribution in [2.45, 2.75) is 63.7 Å². The van der Waals surface area contributed by atoms with Crippen molar-refractivity contribution in [1.82, 2.24) is 14.7 Å². The van der Waals surface area contributed by atoms with Crippen LogP contribution in [0.5, 0.6) is 0 Å². The van der Waals surface area contributed by atoms with Gasteiger partial charge in [0.1, 0.15) is 17.6 Å². The predicted molar refractivity (Wildman–Crippen MR) is 140 cm³/mol. The number of esters is 1. The number of fused-ring (bicyclic) bond motifs is 1. The van der Waals surface area contributed by atoms with Crippen molar-refractivity contribution in [3.8, 4) is 0 Å². The SMILES string of the molecule is C=CCN(CCN1CCOCC1)C(=O)C1N(CCCCCO)C(=O)[C@@H]2[C@H](C(=O)OCC)[C@@]3(C)OC12CC3C. The summed E-state index contributed by atoms with van der Waals surface area (Å²) in [6.45, 7) is 14.8. The number of rotatable bonds is 13. The van der Waals surface area contributed by atoms with Crippen LogP contribution in [-0.4, -0.2) is 121 Å². The summed E-state index contributed by atoms with van der Waals surface area (Å²) in [7, 11) is 0. The average molecular weight is 536 g/mol.